The van der Waals surface area contributed by atoms with Gasteiger partial charge in [-0.3, -0.25) is 10.1 Å². The first kappa shape index (κ1) is 12.4. The molecule has 2 atom stereocenters. The van der Waals surface area contributed by atoms with E-state index in [0.29, 0.717) is 10.9 Å². The van der Waals surface area contributed by atoms with Crippen LogP contribution >= 0.6 is 11.6 Å². The van der Waals surface area contributed by atoms with Crippen LogP contribution in [0.1, 0.15) is 31.4 Å². The van der Waals surface area contributed by atoms with Crippen molar-refractivity contribution in [1.82, 2.24) is 5.32 Å². The maximum Gasteiger partial charge on any atom is 0.320 e. The van der Waals surface area contributed by atoms with Crippen molar-refractivity contribution in [2.24, 2.45) is 5.92 Å². The molecule has 92 valence electrons. The van der Waals surface area contributed by atoms with E-state index in [-0.39, 0.29) is 6.04 Å². The highest BCUT2D eigenvalue weighted by atomic mass is 35.5. The number of carboxylic acid groups (broad SMARTS) is 1. The van der Waals surface area contributed by atoms with Crippen LogP contribution in [-0.4, -0.2) is 17.1 Å². The second-order valence-electron chi connectivity index (χ2n) is 4.59. The van der Waals surface area contributed by atoms with Crippen LogP contribution in [0.25, 0.3) is 0 Å². The lowest BCUT2D eigenvalue weighted by atomic mass is 10.1. The summed E-state index contributed by atoms with van der Waals surface area (Å²) in [4.78, 5) is 11.1. The summed E-state index contributed by atoms with van der Waals surface area (Å²) in [6, 6.07) is 7.08. The van der Waals surface area contributed by atoms with Crippen molar-refractivity contribution in [2.45, 2.75) is 31.8 Å². The number of aliphatic carboxylic acids is 1. The van der Waals surface area contributed by atoms with E-state index in [1.807, 2.05) is 31.2 Å². The van der Waals surface area contributed by atoms with E-state index in [9.17, 15) is 4.79 Å². The fourth-order valence-electron chi connectivity index (χ4n) is 1.96. The quantitative estimate of drug-likeness (QED) is 0.848. The molecule has 1 saturated carbocycles. The Hall–Kier alpha value is -1.06. The van der Waals surface area contributed by atoms with Gasteiger partial charge in [-0.1, -0.05) is 23.7 Å². The van der Waals surface area contributed by atoms with Crippen molar-refractivity contribution in [3.8, 4) is 0 Å². The molecular formula is C13H16ClNO2. The van der Waals surface area contributed by atoms with Gasteiger partial charge in [0.25, 0.3) is 0 Å². The zero-order valence-electron chi connectivity index (χ0n) is 9.69. The fourth-order valence-corrected chi connectivity index (χ4v) is 2.08. The Balaban J connectivity index is 2.01. The molecule has 2 unspecified atom stereocenters. The van der Waals surface area contributed by atoms with Crippen LogP contribution in [0.2, 0.25) is 5.02 Å². The topological polar surface area (TPSA) is 49.3 Å². The highest BCUT2D eigenvalue weighted by Gasteiger charge is 2.36. The van der Waals surface area contributed by atoms with Crippen molar-refractivity contribution in [3.63, 3.8) is 0 Å². The van der Waals surface area contributed by atoms with Crippen molar-refractivity contribution >= 4 is 17.6 Å². The number of benzene rings is 1. The first-order valence-corrected chi connectivity index (χ1v) is 6.20. The summed E-state index contributed by atoms with van der Waals surface area (Å²) in [5.41, 5.74) is 1.06. The standard InChI is InChI=1S/C13H16ClNO2/c1-8(9-4-6-11(14)7-5-9)15-12(13(16)17)10-2-3-10/h4-8,10,12,15H,2-3H2,1H3,(H,16,17). The van der Waals surface area contributed by atoms with E-state index in [1.165, 1.54) is 0 Å². The minimum Gasteiger partial charge on any atom is -0.480 e. The molecule has 0 amide bonds. The van der Waals surface area contributed by atoms with Gasteiger partial charge in [0.05, 0.1) is 0 Å². The van der Waals surface area contributed by atoms with Gasteiger partial charge in [-0.05, 0) is 43.4 Å². The zero-order chi connectivity index (χ0) is 12.4. The van der Waals surface area contributed by atoms with Crippen LogP contribution in [0, 0.1) is 5.92 Å². The Kier molecular flexibility index (Phi) is 3.69. The summed E-state index contributed by atoms with van der Waals surface area (Å²) in [6.07, 6.45) is 2.02. The monoisotopic (exact) mass is 253 g/mol. The summed E-state index contributed by atoms with van der Waals surface area (Å²) in [6.45, 7) is 1.97. The van der Waals surface area contributed by atoms with Crippen molar-refractivity contribution in [1.29, 1.82) is 0 Å². The Morgan fingerprint density at radius 3 is 2.47 bits per heavy atom. The largest absolute Gasteiger partial charge is 0.480 e. The molecule has 0 aromatic heterocycles. The molecule has 3 nitrogen and oxygen atoms in total. The lowest BCUT2D eigenvalue weighted by molar-refractivity contribution is -0.140. The average Bonchev–Trinajstić information content (AvgIpc) is 3.10. The molecule has 1 aliphatic rings. The van der Waals surface area contributed by atoms with E-state index >= 15 is 0 Å². The molecule has 0 saturated heterocycles. The molecule has 1 aromatic rings. The summed E-state index contributed by atoms with van der Waals surface area (Å²) in [5.74, 6) is -0.462. The Morgan fingerprint density at radius 1 is 1.41 bits per heavy atom. The Labute approximate surface area is 106 Å². The van der Waals surface area contributed by atoms with E-state index in [2.05, 4.69) is 5.32 Å². The highest BCUT2D eigenvalue weighted by Crippen LogP contribution is 2.34. The number of hydrogen-bond donors (Lipinski definition) is 2. The molecule has 0 spiro atoms. The van der Waals surface area contributed by atoms with Crippen LogP contribution in [-0.2, 0) is 4.79 Å². The number of nitrogens with one attached hydrogen (secondary N) is 1. The second kappa shape index (κ2) is 5.07. The normalized spacial score (nSPS) is 18.7. The minimum atomic E-state index is -0.756. The number of rotatable bonds is 5. The van der Waals surface area contributed by atoms with Gasteiger partial charge in [-0.2, -0.15) is 0 Å². The predicted molar refractivity (Wildman–Crippen MR) is 67.2 cm³/mol. The second-order valence-corrected chi connectivity index (χ2v) is 5.03. The summed E-state index contributed by atoms with van der Waals surface area (Å²) in [5, 5.41) is 13.0. The van der Waals surface area contributed by atoms with Crippen molar-refractivity contribution in [3.05, 3.63) is 34.9 Å². The fraction of sp³-hybridized carbons (Fsp3) is 0.462. The molecule has 17 heavy (non-hydrogen) atoms. The molecule has 0 heterocycles. The SMILES string of the molecule is CC(NC(C(=O)O)C1CC1)c1ccc(Cl)cc1. The summed E-state index contributed by atoms with van der Waals surface area (Å²) < 4.78 is 0. The molecule has 1 aromatic carbocycles. The third-order valence-corrected chi connectivity index (χ3v) is 3.41. The zero-order valence-corrected chi connectivity index (χ0v) is 10.4. The molecule has 0 aliphatic heterocycles. The van der Waals surface area contributed by atoms with Gasteiger partial charge in [0, 0.05) is 11.1 Å². The number of carboxylic acids is 1. The maximum atomic E-state index is 11.1. The van der Waals surface area contributed by atoms with Crippen molar-refractivity contribution in [2.75, 3.05) is 0 Å². The van der Waals surface area contributed by atoms with Crippen LogP contribution in [0.4, 0.5) is 0 Å². The third-order valence-electron chi connectivity index (χ3n) is 3.16. The van der Waals surface area contributed by atoms with Gasteiger partial charge < -0.3 is 5.11 Å². The molecule has 0 radical (unpaired) electrons. The van der Waals surface area contributed by atoms with Gasteiger partial charge in [0.2, 0.25) is 0 Å². The highest BCUT2D eigenvalue weighted by molar-refractivity contribution is 6.30. The van der Waals surface area contributed by atoms with E-state index in [4.69, 9.17) is 16.7 Å². The minimum absolute atomic E-state index is 0.0222. The summed E-state index contributed by atoms with van der Waals surface area (Å²) >= 11 is 5.82. The predicted octanol–water partition coefficient (Wildman–Crippen LogP) is 2.85. The van der Waals surface area contributed by atoms with Crippen LogP contribution in [0.3, 0.4) is 0 Å². The van der Waals surface area contributed by atoms with Crippen LogP contribution < -0.4 is 5.32 Å². The smallest absolute Gasteiger partial charge is 0.320 e. The van der Waals surface area contributed by atoms with E-state index < -0.39 is 12.0 Å². The van der Waals surface area contributed by atoms with E-state index in [1.54, 1.807) is 0 Å². The van der Waals surface area contributed by atoms with Crippen LogP contribution in [0.15, 0.2) is 24.3 Å². The third kappa shape index (κ3) is 3.20. The number of hydrogen-bond acceptors (Lipinski definition) is 2. The maximum absolute atomic E-state index is 11.1. The number of carbonyl (C=O) groups is 1. The van der Waals surface area contributed by atoms with Gasteiger partial charge in [-0.15, -0.1) is 0 Å². The molecular weight excluding hydrogens is 238 g/mol. The molecule has 4 heteroatoms. The van der Waals surface area contributed by atoms with Gasteiger partial charge in [0.1, 0.15) is 6.04 Å². The molecule has 2 N–H and O–H groups in total. The molecule has 2 rings (SSSR count). The van der Waals surface area contributed by atoms with E-state index in [0.717, 1.165) is 18.4 Å². The molecule has 1 fully saturated rings. The van der Waals surface area contributed by atoms with Gasteiger partial charge in [-0.25, -0.2) is 0 Å². The molecule has 0 bridgehead atoms. The Morgan fingerprint density at radius 2 is 2.00 bits per heavy atom. The van der Waals surface area contributed by atoms with Crippen molar-refractivity contribution < 1.29 is 9.90 Å². The summed E-state index contributed by atoms with van der Waals surface area (Å²) in [7, 11) is 0. The Bertz CT molecular complexity index is 400. The molecule has 1 aliphatic carbocycles. The lowest BCUT2D eigenvalue weighted by Crippen LogP contribution is -2.39. The van der Waals surface area contributed by atoms with Crippen LogP contribution in [0.5, 0.6) is 0 Å². The van der Waals surface area contributed by atoms with Gasteiger partial charge in [0.15, 0.2) is 0 Å². The first-order chi connectivity index (χ1) is 8.08. The lowest BCUT2D eigenvalue weighted by Gasteiger charge is -2.20. The average molecular weight is 254 g/mol. The first-order valence-electron chi connectivity index (χ1n) is 5.82. The van der Waals surface area contributed by atoms with Gasteiger partial charge >= 0.3 is 5.97 Å². The number of halogens is 1.